The van der Waals surface area contributed by atoms with Gasteiger partial charge in [0.15, 0.2) is 0 Å². The van der Waals surface area contributed by atoms with Crippen LogP contribution in [0.15, 0.2) is 14.1 Å². The van der Waals surface area contributed by atoms with Gasteiger partial charge in [0, 0.05) is 26.2 Å². The van der Waals surface area contributed by atoms with E-state index < -0.39 is 10.0 Å². The molecular formula is C11H16BrClN2O3S2. The first-order valence-electron chi connectivity index (χ1n) is 6.23. The van der Waals surface area contributed by atoms with Crippen LogP contribution in [-0.2, 0) is 10.0 Å². The summed E-state index contributed by atoms with van der Waals surface area (Å²) < 4.78 is 27.5. The van der Waals surface area contributed by atoms with E-state index in [1.807, 2.05) is 0 Å². The van der Waals surface area contributed by atoms with Gasteiger partial charge in [0.05, 0.1) is 15.4 Å². The highest BCUT2D eigenvalue weighted by molar-refractivity contribution is 9.11. The Kier molecular flexibility index (Phi) is 5.87. The van der Waals surface area contributed by atoms with Crippen LogP contribution in [0.1, 0.15) is 6.42 Å². The zero-order valence-electron chi connectivity index (χ0n) is 10.8. The molecule has 0 spiro atoms. The first-order chi connectivity index (χ1) is 9.45. The van der Waals surface area contributed by atoms with Crippen molar-refractivity contribution in [2.24, 2.45) is 0 Å². The number of hydrogen-bond acceptors (Lipinski definition) is 5. The molecule has 0 atom stereocenters. The average molecular weight is 404 g/mol. The zero-order chi connectivity index (χ0) is 14.8. The molecule has 1 aliphatic heterocycles. The summed E-state index contributed by atoms with van der Waals surface area (Å²) in [6, 6.07) is 1.49. The molecule has 20 heavy (non-hydrogen) atoms. The molecule has 1 fully saturated rings. The van der Waals surface area contributed by atoms with Crippen LogP contribution in [0.3, 0.4) is 0 Å². The maximum Gasteiger partial charge on any atom is 0.252 e. The summed E-state index contributed by atoms with van der Waals surface area (Å²) in [6.45, 7) is 3.07. The quantitative estimate of drug-likeness (QED) is 0.833. The molecule has 1 N–H and O–H groups in total. The number of hydrogen-bond donors (Lipinski definition) is 1. The first kappa shape index (κ1) is 16.7. The van der Waals surface area contributed by atoms with Gasteiger partial charge in [-0.25, -0.2) is 8.42 Å². The van der Waals surface area contributed by atoms with Gasteiger partial charge in [-0.1, -0.05) is 11.6 Å². The summed E-state index contributed by atoms with van der Waals surface area (Å²) in [5, 5.41) is 9.38. The number of nitrogens with zero attached hydrogens (tertiary/aromatic N) is 2. The van der Waals surface area contributed by atoms with Gasteiger partial charge >= 0.3 is 0 Å². The summed E-state index contributed by atoms with van der Waals surface area (Å²) in [7, 11) is -3.48. The fourth-order valence-corrected chi connectivity index (χ4v) is 6.16. The van der Waals surface area contributed by atoms with Crippen LogP contribution in [0.25, 0.3) is 0 Å². The third-order valence-corrected chi connectivity index (χ3v) is 8.00. The highest BCUT2D eigenvalue weighted by atomic mass is 79.9. The Bertz CT molecular complexity index is 545. The van der Waals surface area contributed by atoms with Crippen molar-refractivity contribution in [3.63, 3.8) is 0 Å². The van der Waals surface area contributed by atoms with Gasteiger partial charge in [-0.05, 0) is 35.0 Å². The SMILES string of the molecule is O=S(=O)(c1cc(Cl)c(Br)s1)N1CCCN(CCO)CC1. The topological polar surface area (TPSA) is 60.9 Å². The van der Waals surface area contributed by atoms with Crippen molar-refractivity contribution in [3.8, 4) is 0 Å². The second kappa shape index (κ2) is 7.04. The molecular weight excluding hydrogens is 388 g/mol. The van der Waals surface area contributed by atoms with Crippen LogP contribution in [-0.4, -0.2) is 62.1 Å². The Morgan fingerprint density at radius 1 is 1.35 bits per heavy atom. The lowest BCUT2D eigenvalue weighted by molar-refractivity contribution is 0.202. The Morgan fingerprint density at radius 3 is 2.70 bits per heavy atom. The molecule has 0 radical (unpaired) electrons. The normalized spacial score (nSPS) is 19.1. The second-order valence-corrected chi connectivity index (χ2v) is 9.45. The van der Waals surface area contributed by atoms with Gasteiger partial charge in [0.1, 0.15) is 4.21 Å². The molecule has 2 rings (SSSR count). The number of aliphatic hydroxyl groups excluding tert-OH is 1. The predicted octanol–water partition coefficient (Wildman–Crippen LogP) is 1.85. The van der Waals surface area contributed by atoms with E-state index in [-0.39, 0.29) is 10.8 Å². The van der Waals surface area contributed by atoms with Crippen molar-refractivity contribution in [3.05, 3.63) is 14.9 Å². The molecule has 1 aliphatic rings. The minimum atomic E-state index is -3.48. The third-order valence-electron chi connectivity index (χ3n) is 3.18. The molecule has 9 heteroatoms. The van der Waals surface area contributed by atoms with Crippen molar-refractivity contribution >= 4 is 48.9 Å². The summed E-state index contributed by atoms with van der Waals surface area (Å²) in [5.41, 5.74) is 0. The molecule has 114 valence electrons. The second-order valence-electron chi connectivity index (χ2n) is 4.51. The minimum Gasteiger partial charge on any atom is -0.395 e. The van der Waals surface area contributed by atoms with Crippen molar-refractivity contribution in [2.75, 3.05) is 39.3 Å². The number of thiophene rings is 1. The molecule has 0 bridgehead atoms. The van der Waals surface area contributed by atoms with Crippen LogP contribution < -0.4 is 0 Å². The molecule has 0 aliphatic carbocycles. The minimum absolute atomic E-state index is 0.0974. The van der Waals surface area contributed by atoms with Crippen molar-refractivity contribution in [1.82, 2.24) is 9.21 Å². The summed E-state index contributed by atoms with van der Waals surface area (Å²) >= 11 is 10.3. The molecule has 0 saturated carbocycles. The van der Waals surface area contributed by atoms with Crippen LogP contribution in [0.5, 0.6) is 0 Å². The molecule has 1 aromatic rings. The van der Waals surface area contributed by atoms with Crippen LogP contribution in [0, 0.1) is 0 Å². The number of aliphatic hydroxyl groups is 1. The summed E-state index contributed by atoms with van der Waals surface area (Å²) in [6.07, 6.45) is 0.763. The van der Waals surface area contributed by atoms with Gasteiger partial charge in [0.2, 0.25) is 0 Å². The number of β-amino-alcohol motifs (C(OH)–C–C–N with tert-alkyl or cyclic N) is 1. The Labute approximate surface area is 136 Å². The highest BCUT2D eigenvalue weighted by Crippen LogP contribution is 2.36. The number of sulfonamides is 1. The van der Waals surface area contributed by atoms with E-state index in [2.05, 4.69) is 20.8 Å². The summed E-state index contributed by atoms with van der Waals surface area (Å²) in [4.78, 5) is 2.08. The smallest absolute Gasteiger partial charge is 0.252 e. The molecule has 0 amide bonds. The first-order valence-corrected chi connectivity index (χ1v) is 9.66. The van der Waals surface area contributed by atoms with E-state index in [0.717, 1.165) is 24.3 Å². The standard InChI is InChI=1S/C11H16BrClN2O3S2/c12-11-9(13)8-10(19-11)20(17,18)15-3-1-2-14(4-5-15)6-7-16/h8,16H,1-7H2. The molecule has 1 aromatic heterocycles. The molecule has 1 saturated heterocycles. The lowest BCUT2D eigenvalue weighted by Crippen LogP contribution is -2.35. The zero-order valence-corrected chi connectivity index (χ0v) is 14.7. The van der Waals surface area contributed by atoms with E-state index in [0.29, 0.717) is 35.0 Å². The molecule has 5 nitrogen and oxygen atoms in total. The molecule has 2 heterocycles. The average Bonchev–Trinajstić information content (AvgIpc) is 2.63. The van der Waals surface area contributed by atoms with Crippen LogP contribution in [0.2, 0.25) is 5.02 Å². The Balaban J connectivity index is 2.13. The number of rotatable bonds is 4. The fourth-order valence-electron chi connectivity index (χ4n) is 2.13. The Morgan fingerprint density at radius 2 is 2.10 bits per heavy atom. The molecule has 0 aromatic carbocycles. The number of halogens is 2. The van der Waals surface area contributed by atoms with E-state index in [4.69, 9.17) is 16.7 Å². The van der Waals surface area contributed by atoms with Gasteiger partial charge < -0.3 is 5.11 Å². The van der Waals surface area contributed by atoms with E-state index >= 15 is 0 Å². The predicted molar refractivity (Wildman–Crippen MR) is 83.9 cm³/mol. The van der Waals surface area contributed by atoms with Crippen LogP contribution in [0.4, 0.5) is 0 Å². The van der Waals surface area contributed by atoms with E-state index in [9.17, 15) is 8.42 Å². The van der Waals surface area contributed by atoms with Crippen molar-refractivity contribution < 1.29 is 13.5 Å². The maximum absolute atomic E-state index is 12.6. The van der Waals surface area contributed by atoms with Gasteiger partial charge in [-0.15, -0.1) is 11.3 Å². The van der Waals surface area contributed by atoms with Crippen molar-refractivity contribution in [2.45, 2.75) is 10.6 Å². The molecule has 0 unspecified atom stereocenters. The lowest BCUT2D eigenvalue weighted by Gasteiger charge is -2.20. The van der Waals surface area contributed by atoms with E-state index in [1.54, 1.807) is 0 Å². The van der Waals surface area contributed by atoms with Gasteiger partial charge in [-0.3, -0.25) is 4.90 Å². The van der Waals surface area contributed by atoms with Gasteiger partial charge in [-0.2, -0.15) is 4.31 Å². The van der Waals surface area contributed by atoms with Crippen molar-refractivity contribution in [1.29, 1.82) is 0 Å². The Hall–Kier alpha value is 0.300. The summed E-state index contributed by atoms with van der Waals surface area (Å²) in [5.74, 6) is 0. The largest absolute Gasteiger partial charge is 0.395 e. The van der Waals surface area contributed by atoms with Crippen LogP contribution >= 0.6 is 38.9 Å². The maximum atomic E-state index is 12.6. The monoisotopic (exact) mass is 402 g/mol. The lowest BCUT2D eigenvalue weighted by atomic mass is 10.4. The van der Waals surface area contributed by atoms with Gasteiger partial charge in [0.25, 0.3) is 10.0 Å². The fraction of sp³-hybridized carbons (Fsp3) is 0.636. The van der Waals surface area contributed by atoms with E-state index in [1.165, 1.54) is 10.4 Å². The third kappa shape index (κ3) is 3.73. The highest BCUT2D eigenvalue weighted by Gasteiger charge is 2.28.